The number of carbonyl (C=O) groups is 1. The van der Waals surface area contributed by atoms with E-state index in [1.807, 2.05) is 0 Å². The van der Waals surface area contributed by atoms with Gasteiger partial charge in [-0.3, -0.25) is 4.79 Å². The Kier molecular flexibility index (Phi) is 2.55. The van der Waals surface area contributed by atoms with E-state index in [2.05, 4.69) is 0 Å². The van der Waals surface area contributed by atoms with Crippen LogP contribution in [0.5, 0.6) is 0 Å². The highest BCUT2D eigenvalue weighted by molar-refractivity contribution is 6.35. The number of halogens is 3. The zero-order valence-corrected chi connectivity index (χ0v) is 7.29. The third-order valence-electron chi connectivity index (χ3n) is 1.29. The SMILES string of the molecule is NC(=O)c1c(Cl)ccc(Cl)c1F. The summed E-state index contributed by atoms with van der Waals surface area (Å²) < 4.78 is 13.0. The summed E-state index contributed by atoms with van der Waals surface area (Å²) in [6.45, 7) is 0. The average Bonchev–Trinajstić information content (AvgIpc) is 1.97. The van der Waals surface area contributed by atoms with Gasteiger partial charge < -0.3 is 5.73 Å². The number of nitrogens with two attached hydrogens (primary N) is 1. The van der Waals surface area contributed by atoms with E-state index in [-0.39, 0.29) is 15.6 Å². The second-order valence-electron chi connectivity index (χ2n) is 2.08. The Morgan fingerprint density at radius 3 is 2.25 bits per heavy atom. The molecule has 0 spiro atoms. The van der Waals surface area contributed by atoms with Crippen LogP contribution in [-0.4, -0.2) is 5.91 Å². The molecule has 1 rings (SSSR count). The lowest BCUT2D eigenvalue weighted by atomic mass is 10.2. The van der Waals surface area contributed by atoms with E-state index in [1.54, 1.807) is 0 Å². The Balaban J connectivity index is 3.43. The molecular weight excluding hydrogens is 204 g/mol. The van der Waals surface area contributed by atoms with Gasteiger partial charge in [0.15, 0.2) is 5.82 Å². The van der Waals surface area contributed by atoms with Gasteiger partial charge in [0.1, 0.15) is 0 Å². The van der Waals surface area contributed by atoms with Gasteiger partial charge in [0.25, 0.3) is 5.91 Å². The zero-order chi connectivity index (χ0) is 9.30. The molecule has 0 radical (unpaired) electrons. The van der Waals surface area contributed by atoms with E-state index in [1.165, 1.54) is 12.1 Å². The van der Waals surface area contributed by atoms with Gasteiger partial charge in [-0.2, -0.15) is 0 Å². The van der Waals surface area contributed by atoms with Gasteiger partial charge in [-0.15, -0.1) is 0 Å². The molecule has 1 amide bonds. The van der Waals surface area contributed by atoms with E-state index >= 15 is 0 Å². The summed E-state index contributed by atoms with van der Waals surface area (Å²) in [5.41, 5.74) is 4.49. The minimum atomic E-state index is -0.931. The lowest BCUT2D eigenvalue weighted by Crippen LogP contribution is -2.14. The molecule has 5 heteroatoms. The van der Waals surface area contributed by atoms with Crippen molar-refractivity contribution in [1.29, 1.82) is 0 Å². The third-order valence-corrected chi connectivity index (χ3v) is 1.90. The summed E-state index contributed by atoms with van der Waals surface area (Å²) in [5, 5.41) is -0.211. The molecule has 0 saturated carbocycles. The molecule has 64 valence electrons. The normalized spacial score (nSPS) is 9.92. The quantitative estimate of drug-likeness (QED) is 0.706. The fraction of sp³-hybridized carbons (Fsp3) is 0. The van der Waals surface area contributed by atoms with Crippen LogP contribution in [0.3, 0.4) is 0 Å². The van der Waals surface area contributed by atoms with Gasteiger partial charge in [0, 0.05) is 0 Å². The second-order valence-corrected chi connectivity index (χ2v) is 2.90. The predicted molar refractivity (Wildman–Crippen MR) is 44.9 cm³/mol. The van der Waals surface area contributed by atoms with Gasteiger partial charge in [-0.25, -0.2) is 4.39 Å². The van der Waals surface area contributed by atoms with Crippen LogP contribution >= 0.6 is 23.2 Å². The van der Waals surface area contributed by atoms with Gasteiger partial charge in [0.2, 0.25) is 0 Å². The van der Waals surface area contributed by atoms with E-state index < -0.39 is 11.7 Å². The Morgan fingerprint density at radius 2 is 1.83 bits per heavy atom. The summed E-state index contributed by atoms with van der Waals surface area (Å²) in [5.74, 6) is -1.81. The van der Waals surface area contributed by atoms with Crippen LogP contribution < -0.4 is 5.73 Å². The molecule has 0 aliphatic rings. The first-order chi connectivity index (χ1) is 5.54. The van der Waals surface area contributed by atoms with E-state index in [0.717, 1.165) is 0 Å². The maximum absolute atomic E-state index is 13.0. The minimum Gasteiger partial charge on any atom is -0.365 e. The van der Waals surface area contributed by atoms with Crippen LogP contribution in [0.2, 0.25) is 10.0 Å². The molecule has 0 heterocycles. The molecule has 0 fully saturated rings. The molecule has 12 heavy (non-hydrogen) atoms. The van der Waals surface area contributed by atoms with Crippen molar-refractivity contribution in [3.8, 4) is 0 Å². The first-order valence-electron chi connectivity index (χ1n) is 2.97. The lowest BCUT2D eigenvalue weighted by molar-refractivity contribution is 0.0996. The highest BCUT2D eigenvalue weighted by atomic mass is 35.5. The van der Waals surface area contributed by atoms with Crippen LogP contribution in [0.4, 0.5) is 4.39 Å². The average molecular weight is 208 g/mol. The van der Waals surface area contributed by atoms with Crippen molar-refractivity contribution in [2.75, 3.05) is 0 Å². The summed E-state index contributed by atoms with van der Waals surface area (Å²) in [6.07, 6.45) is 0. The topological polar surface area (TPSA) is 43.1 Å². The van der Waals surface area contributed by atoms with E-state index in [0.29, 0.717) is 0 Å². The fourth-order valence-electron chi connectivity index (χ4n) is 0.753. The Labute approximate surface area is 78.1 Å². The highest BCUT2D eigenvalue weighted by Crippen LogP contribution is 2.24. The molecule has 0 aliphatic heterocycles. The van der Waals surface area contributed by atoms with E-state index in [4.69, 9.17) is 28.9 Å². The smallest absolute Gasteiger partial charge is 0.253 e. The van der Waals surface area contributed by atoms with Crippen molar-refractivity contribution in [3.63, 3.8) is 0 Å². The Hall–Kier alpha value is -0.800. The Bertz CT molecular complexity index is 340. The number of amides is 1. The molecule has 0 unspecified atom stereocenters. The molecule has 0 aromatic heterocycles. The van der Waals surface area contributed by atoms with Crippen LogP contribution in [0.15, 0.2) is 12.1 Å². The van der Waals surface area contributed by atoms with Crippen LogP contribution in [-0.2, 0) is 0 Å². The molecule has 0 saturated heterocycles. The summed E-state index contributed by atoms with van der Waals surface area (Å²) in [4.78, 5) is 10.6. The van der Waals surface area contributed by atoms with Crippen LogP contribution in [0.1, 0.15) is 10.4 Å². The molecule has 0 atom stereocenters. The number of primary amides is 1. The van der Waals surface area contributed by atoms with Crippen LogP contribution in [0, 0.1) is 5.82 Å². The Morgan fingerprint density at radius 1 is 1.33 bits per heavy atom. The summed E-state index contributed by atoms with van der Waals surface area (Å²) >= 11 is 10.9. The first kappa shape index (κ1) is 9.29. The third kappa shape index (κ3) is 1.52. The molecule has 1 aromatic carbocycles. The number of hydrogen-bond donors (Lipinski definition) is 1. The van der Waals surface area contributed by atoms with Crippen molar-refractivity contribution >= 4 is 29.1 Å². The van der Waals surface area contributed by atoms with Crippen molar-refractivity contribution in [2.45, 2.75) is 0 Å². The number of carbonyl (C=O) groups excluding carboxylic acids is 1. The van der Waals surface area contributed by atoms with E-state index in [9.17, 15) is 9.18 Å². The molecule has 0 bridgehead atoms. The van der Waals surface area contributed by atoms with Gasteiger partial charge in [-0.05, 0) is 12.1 Å². The van der Waals surface area contributed by atoms with Crippen molar-refractivity contribution < 1.29 is 9.18 Å². The first-order valence-corrected chi connectivity index (χ1v) is 3.73. The maximum atomic E-state index is 13.0. The fourth-order valence-corrected chi connectivity index (χ4v) is 1.15. The lowest BCUT2D eigenvalue weighted by Gasteiger charge is -2.01. The maximum Gasteiger partial charge on any atom is 0.253 e. The van der Waals surface area contributed by atoms with Crippen LogP contribution in [0.25, 0.3) is 0 Å². The summed E-state index contributed by atoms with van der Waals surface area (Å²) in [6, 6.07) is 2.57. The van der Waals surface area contributed by atoms with Gasteiger partial charge in [0.05, 0.1) is 15.6 Å². The van der Waals surface area contributed by atoms with Crippen molar-refractivity contribution in [2.24, 2.45) is 5.73 Å². The highest BCUT2D eigenvalue weighted by Gasteiger charge is 2.15. The number of rotatable bonds is 1. The number of hydrogen-bond acceptors (Lipinski definition) is 1. The predicted octanol–water partition coefficient (Wildman–Crippen LogP) is 2.23. The number of benzene rings is 1. The molecule has 2 N–H and O–H groups in total. The second kappa shape index (κ2) is 3.29. The standard InChI is InChI=1S/C7H4Cl2FNO/c8-3-1-2-4(9)6(10)5(3)7(11)12/h1-2H,(H2,11,12). The molecule has 0 aliphatic carbocycles. The largest absolute Gasteiger partial charge is 0.365 e. The molecular formula is C7H4Cl2FNO. The van der Waals surface area contributed by atoms with Crippen molar-refractivity contribution in [3.05, 3.63) is 33.6 Å². The zero-order valence-electron chi connectivity index (χ0n) is 5.77. The monoisotopic (exact) mass is 207 g/mol. The molecule has 2 nitrogen and oxygen atoms in total. The molecule has 1 aromatic rings. The van der Waals surface area contributed by atoms with Gasteiger partial charge >= 0.3 is 0 Å². The summed E-state index contributed by atoms with van der Waals surface area (Å²) in [7, 11) is 0. The van der Waals surface area contributed by atoms with Crippen molar-refractivity contribution in [1.82, 2.24) is 0 Å². The van der Waals surface area contributed by atoms with Gasteiger partial charge in [-0.1, -0.05) is 23.2 Å². The minimum absolute atomic E-state index is 0.0376.